The molecule has 2 atom stereocenters. The Morgan fingerprint density at radius 3 is 2.33 bits per heavy atom. The second-order valence-corrected chi connectivity index (χ2v) is 9.08. The van der Waals surface area contributed by atoms with Gasteiger partial charge in [-0.15, -0.1) is 4.72 Å². The summed E-state index contributed by atoms with van der Waals surface area (Å²) in [5, 5.41) is 0. The van der Waals surface area contributed by atoms with E-state index < -0.39 is 11.4 Å². The van der Waals surface area contributed by atoms with Gasteiger partial charge in [0.2, 0.25) is 0 Å². The first-order valence-corrected chi connectivity index (χ1v) is 9.33. The van der Waals surface area contributed by atoms with Crippen LogP contribution in [0.1, 0.15) is 57.7 Å². The van der Waals surface area contributed by atoms with Crippen molar-refractivity contribution in [3.8, 4) is 5.75 Å². The van der Waals surface area contributed by atoms with Crippen molar-refractivity contribution in [3.63, 3.8) is 0 Å². The molecule has 2 rings (SSSR count). The van der Waals surface area contributed by atoms with Gasteiger partial charge >= 0.3 is 0 Å². The van der Waals surface area contributed by atoms with Crippen LogP contribution < -0.4 is 9.46 Å². The Morgan fingerprint density at radius 1 is 1.12 bits per heavy atom. The molecule has 1 aromatic carbocycles. The fourth-order valence-corrected chi connectivity index (χ4v) is 3.06. The molecule has 0 aliphatic carbocycles. The third-order valence-corrected chi connectivity index (χ3v) is 4.98. The maximum absolute atomic E-state index is 12.7. The van der Waals surface area contributed by atoms with Crippen LogP contribution in [0.15, 0.2) is 40.8 Å². The van der Waals surface area contributed by atoms with Crippen molar-refractivity contribution in [2.24, 2.45) is 0 Å². The minimum atomic E-state index is -1.25. The quantitative estimate of drug-likeness (QED) is 0.779. The first-order chi connectivity index (χ1) is 11.2. The minimum absolute atomic E-state index is 0.0539. The van der Waals surface area contributed by atoms with Gasteiger partial charge in [0.15, 0.2) is 0 Å². The highest BCUT2D eigenvalue weighted by Gasteiger charge is 2.33. The van der Waals surface area contributed by atoms with Crippen LogP contribution in [-0.2, 0) is 11.4 Å². The number of hydrogen-bond acceptors (Lipinski definition) is 4. The highest BCUT2D eigenvalue weighted by molar-refractivity contribution is 7.90. The second kappa shape index (κ2) is 7.64. The molecule has 132 valence electrons. The van der Waals surface area contributed by atoms with Crippen LogP contribution >= 0.6 is 0 Å². The average Bonchev–Trinajstić information content (AvgIpc) is 2.90. The SMILES string of the molecule is Cc1ccc(C(N[S+]([O-])C(C)(C)C)c2ccccc2OC(C)C)o1. The summed E-state index contributed by atoms with van der Waals surface area (Å²) >= 11 is -1.25. The molecule has 1 aromatic heterocycles. The highest BCUT2D eigenvalue weighted by atomic mass is 32.2. The zero-order chi connectivity index (χ0) is 17.9. The smallest absolute Gasteiger partial charge is 0.139 e. The predicted molar refractivity (Wildman–Crippen MR) is 98.5 cm³/mol. The zero-order valence-electron chi connectivity index (χ0n) is 15.3. The van der Waals surface area contributed by atoms with Crippen molar-refractivity contribution in [2.45, 2.75) is 58.4 Å². The summed E-state index contributed by atoms with van der Waals surface area (Å²) in [4.78, 5) is 0. The summed E-state index contributed by atoms with van der Waals surface area (Å²) in [5.41, 5.74) is 0.915. The van der Waals surface area contributed by atoms with Crippen LogP contribution in [0.4, 0.5) is 0 Å². The summed E-state index contributed by atoms with van der Waals surface area (Å²) in [6.45, 7) is 11.7. The maximum Gasteiger partial charge on any atom is 0.139 e. The van der Waals surface area contributed by atoms with Crippen LogP contribution in [-0.4, -0.2) is 15.4 Å². The Hall–Kier alpha value is -1.43. The zero-order valence-corrected chi connectivity index (χ0v) is 16.1. The molecular formula is C19H27NO3S. The third kappa shape index (κ3) is 4.79. The molecule has 0 spiro atoms. The molecular weight excluding hydrogens is 322 g/mol. The third-order valence-electron chi connectivity index (χ3n) is 3.42. The molecule has 5 heteroatoms. The standard InChI is InChI=1S/C19H27NO3S/c1-13(2)22-16-10-8-7-9-15(16)18(17-12-11-14(3)23-17)20-24(21)19(4,5)6/h7-13,18,20H,1-6H3. The lowest BCUT2D eigenvalue weighted by Crippen LogP contribution is -2.41. The number of aryl methyl sites for hydroxylation is 1. The van der Waals surface area contributed by atoms with E-state index in [4.69, 9.17) is 9.15 Å². The van der Waals surface area contributed by atoms with Gasteiger partial charge in [-0.05, 0) is 59.7 Å². The molecule has 2 unspecified atom stereocenters. The Morgan fingerprint density at radius 2 is 1.79 bits per heavy atom. The number of benzene rings is 1. The first kappa shape index (κ1) is 18.9. The van der Waals surface area contributed by atoms with Gasteiger partial charge in [0.25, 0.3) is 0 Å². The summed E-state index contributed by atoms with van der Waals surface area (Å²) in [6, 6.07) is 11.3. The lowest BCUT2D eigenvalue weighted by Gasteiger charge is -2.28. The van der Waals surface area contributed by atoms with Gasteiger partial charge < -0.3 is 13.7 Å². The van der Waals surface area contributed by atoms with Gasteiger partial charge in [-0.3, -0.25) is 0 Å². The number of furan rings is 1. The number of rotatable bonds is 6. The maximum atomic E-state index is 12.7. The molecule has 1 N–H and O–H groups in total. The highest BCUT2D eigenvalue weighted by Crippen LogP contribution is 2.33. The molecule has 0 amide bonds. The van der Waals surface area contributed by atoms with Crippen molar-refractivity contribution in [3.05, 3.63) is 53.5 Å². The van der Waals surface area contributed by atoms with Crippen LogP contribution in [0, 0.1) is 6.92 Å². The van der Waals surface area contributed by atoms with Gasteiger partial charge in [-0.1, -0.05) is 18.2 Å². The van der Waals surface area contributed by atoms with Gasteiger partial charge in [0, 0.05) is 16.9 Å². The fourth-order valence-electron chi connectivity index (χ4n) is 2.25. The van der Waals surface area contributed by atoms with Crippen LogP contribution in [0.25, 0.3) is 0 Å². The monoisotopic (exact) mass is 349 g/mol. The van der Waals surface area contributed by atoms with Crippen molar-refractivity contribution in [2.75, 3.05) is 0 Å². The van der Waals surface area contributed by atoms with Gasteiger partial charge in [0.05, 0.1) is 6.10 Å². The van der Waals surface area contributed by atoms with Crippen molar-refractivity contribution >= 4 is 11.4 Å². The van der Waals surface area contributed by atoms with Gasteiger partial charge in [-0.2, -0.15) is 0 Å². The molecule has 4 nitrogen and oxygen atoms in total. The first-order valence-electron chi connectivity index (χ1n) is 8.18. The number of hydrogen-bond donors (Lipinski definition) is 1. The summed E-state index contributed by atoms with van der Waals surface area (Å²) in [6.07, 6.45) is 0.0539. The molecule has 0 aliphatic heterocycles. The van der Waals surface area contributed by atoms with E-state index in [-0.39, 0.29) is 16.9 Å². The number of nitrogens with one attached hydrogen (secondary N) is 1. The molecule has 0 aliphatic rings. The van der Waals surface area contributed by atoms with Crippen molar-refractivity contribution in [1.82, 2.24) is 4.72 Å². The Balaban J connectivity index is 2.43. The largest absolute Gasteiger partial charge is 0.598 e. The van der Waals surface area contributed by atoms with E-state index in [1.54, 1.807) is 0 Å². The van der Waals surface area contributed by atoms with Crippen LogP contribution in [0.3, 0.4) is 0 Å². The topological polar surface area (TPSA) is 57.5 Å². The minimum Gasteiger partial charge on any atom is -0.598 e. The molecule has 0 radical (unpaired) electrons. The molecule has 24 heavy (non-hydrogen) atoms. The Bertz CT molecular complexity index is 661. The Kier molecular flexibility index (Phi) is 6.01. The van der Waals surface area contributed by atoms with Crippen LogP contribution in [0.5, 0.6) is 5.75 Å². The second-order valence-electron chi connectivity index (χ2n) is 7.08. The van der Waals surface area contributed by atoms with E-state index in [2.05, 4.69) is 4.72 Å². The van der Waals surface area contributed by atoms with E-state index in [0.717, 1.165) is 22.8 Å². The fraction of sp³-hybridized carbons (Fsp3) is 0.474. The normalized spacial score (nSPS) is 14.7. The number of ether oxygens (including phenoxy) is 1. The summed E-state index contributed by atoms with van der Waals surface area (Å²) in [7, 11) is 0. The molecule has 0 saturated heterocycles. The van der Waals surface area contributed by atoms with E-state index in [1.165, 1.54) is 0 Å². The molecule has 0 saturated carbocycles. The predicted octanol–water partition coefficient (Wildman–Crippen LogP) is 4.52. The lowest BCUT2D eigenvalue weighted by atomic mass is 10.0. The van der Waals surface area contributed by atoms with Gasteiger partial charge in [0.1, 0.15) is 28.1 Å². The summed E-state index contributed by atoms with van der Waals surface area (Å²) < 4.78 is 27.3. The van der Waals surface area contributed by atoms with Gasteiger partial charge in [-0.25, -0.2) is 0 Å². The molecule has 0 fully saturated rings. The van der Waals surface area contributed by atoms with Crippen molar-refractivity contribution < 1.29 is 13.7 Å². The van der Waals surface area contributed by atoms with E-state index >= 15 is 0 Å². The lowest BCUT2D eigenvalue weighted by molar-refractivity contribution is 0.238. The molecule has 2 aromatic rings. The summed E-state index contributed by atoms with van der Waals surface area (Å²) in [5.74, 6) is 2.32. The van der Waals surface area contributed by atoms with Crippen LogP contribution in [0.2, 0.25) is 0 Å². The van der Waals surface area contributed by atoms with E-state index in [0.29, 0.717) is 0 Å². The van der Waals surface area contributed by atoms with Crippen molar-refractivity contribution in [1.29, 1.82) is 0 Å². The Labute approximate surface area is 147 Å². The van der Waals surface area contributed by atoms with E-state index in [1.807, 2.05) is 77.9 Å². The number of para-hydroxylation sites is 1. The van der Waals surface area contributed by atoms with E-state index in [9.17, 15) is 4.55 Å². The molecule has 1 heterocycles. The average molecular weight is 349 g/mol. The molecule has 0 bridgehead atoms.